The maximum Gasteiger partial charge on any atom is 0.325 e. The summed E-state index contributed by atoms with van der Waals surface area (Å²) in [7, 11) is 0. The van der Waals surface area contributed by atoms with Crippen LogP contribution in [0.2, 0.25) is 0 Å². The zero-order valence-electron chi connectivity index (χ0n) is 15.3. The molecule has 0 spiro atoms. The van der Waals surface area contributed by atoms with Crippen molar-refractivity contribution in [2.75, 3.05) is 6.54 Å². The summed E-state index contributed by atoms with van der Waals surface area (Å²) in [4.78, 5) is 24.1. The first-order valence-electron chi connectivity index (χ1n) is 8.95. The topological polar surface area (TPSA) is 64.6 Å². The number of ether oxygens (including phenoxy) is 2. The molecular weight excluding hydrogens is 354 g/mol. The fourth-order valence-electron chi connectivity index (χ4n) is 2.51. The average molecular weight is 375 g/mol. The maximum absolute atomic E-state index is 12.3. The molecule has 0 aliphatic rings. The minimum atomic E-state index is -0.492. The third-order valence-electron chi connectivity index (χ3n) is 3.98. The van der Waals surface area contributed by atoms with Crippen molar-refractivity contribution in [2.45, 2.75) is 13.2 Å². The van der Waals surface area contributed by atoms with Crippen molar-refractivity contribution in [3.8, 4) is 5.75 Å². The predicted octanol–water partition coefficient (Wildman–Crippen LogP) is 3.74. The number of carbonyl (C=O) groups is 2. The number of carbonyl (C=O) groups excluding carboxylic acids is 2. The van der Waals surface area contributed by atoms with Crippen LogP contribution in [0.4, 0.5) is 0 Å². The van der Waals surface area contributed by atoms with E-state index < -0.39 is 5.97 Å². The molecule has 0 saturated carbocycles. The Bertz CT molecular complexity index is 910. The van der Waals surface area contributed by atoms with E-state index in [2.05, 4.69) is 5.32 Å². The van der Waals surface area contributed by atoms with E-state index in [-0.39, 0.29) is 19.1 Å². The molecule has 0 heterocycles. The van der Waals surface area contributed by atoms with Crippen LogP contribution in [0.25, 0.3) is 0 Å². The minimum absolute atomic E-state index is 0.179. The van der Waals surface area contributed by atoms with Gasteiger partial charge >= 0.3 is 5.97 Å². The van der Waals surface area contributed by atoms with Crippen LogP contribution in [0.5, 0.6) is 5.75 Å². The Balaban J connectivity index is 1.46. The van der Waals surface area contributed by atoms with Gasteiger partial charge in [-0.25, -0.2) is 0 Å². The van der Waals surface area contributed by atoms with Gasteiger partial charge in [-0.3, -0.25) is 9.59 Å². The molecule has 28 heavy (non-hydrogen) atoms. The molecule has 0 unspecified atom stereocenters. The van der Waals surface area contributed by atoms with Gasteiger partial charge in [0, 0.05) is 5.56 Å². The van der Waals surface area contributed by atoms with Crippen molar-refractivity contribution < 1.29 is 19.1 Å². The van der Waals surface area contributed by atoms with Gasteiger partial charge in [0.25, 0.3) is 5.91 Å². The van der Waals surface area contributed by atoms with E-state index >= 15 is 0 Å². The van der Waals surface area contributed by atoms with Crippen molar-refractivity contribution in [1.82, 2.24) is 5.32 Å². The Hall–Kier alpha value is -3.60. The van der Waals surface area contributed by atoms with Crippen molar-refractivity contribution in [3.05, 3.63) is 102 Å². The molecule has 1 N–H and O–H groups in total. The molecule has 142 valence electrons. The molecule has 5 heteroatoms. The van der Waals surface area contributed by atoms with Crippen LogP contribution in [-0.4, -0.2) is 18.4 Å². The molecule has 0 atom stereocenters. The summed E-state index contributed by atoms with van der Waals surface area (Å²) in [6.07, 6.45) is 0. The summed E-state index contributed by atoms with van der Waals surface area (Å²) >= 11 is 0. The monoisotopic (exact) mass is 375 g/mol. The summed E-state index contributed by atoms with van der Waals surface area (Å²) in [6.45, 7) is 0.400. The number of nitrogens with one attached hydrogen (secondary N) is 1. The first kappa shape index (κ1) is 19.2. The van der Waals surface area contributed by atoms with Crippen molar-refractivity contribution in [1.29, 1.82) is 0 Å². The fraction of sp³-hybridized carbons (Fsp3) is 0.130. The van der Waals surface area contributed by atoms with Crippen molar-refractivity contribution in [2.24, 2.45) is 0 Å². The normalized spacial score (nSPS) is 10.1. The molecule has 5 nitrogen and oxygen atoms in total. The summed E-state index contributed by atoms with van der Waals surface area (Å²) in [6, 6.07) is 26.0. The number of esters is 1. The molecule has 0 saturated heterocycles. The largest absolute Gasteiger partial charge is 0.489 e. The van der Waals surface area contributed by atoms with Crippen LogP contribution >= 0.6 is 0 Å². The van der Waals surface area contributed by atoms with Crippen LogP contribution in [0.3, 0.4) is 0 Å². The number of rotatable bonds is 8. The highest BCUT2D eigenvalue weighted by Crippen LogP contribution is 2.15. The zero-order chi connectivity index (χ0) is 19.6. The van der Waals surface area contributed by atoms with Gasteiger partial charge in [0.2, 0.25) is 0 Å². The number of hydrogen-bond donors (Lipinski definition) is 1. The van der Waals surface area contributed by atoms with Gasteiger partial charge in [0.15, 0.2) is 0 Å². The lowest BCUT2D eigenvalue weighted by molar-refractivity contribution is -0.143. The van der Waals surface area contributed by atoms with Gasteiger partial charge < -0.3 is 14.8 Å². The van der Waals surface area contributed by atoms with Gasteiger partial charge in [-0.2, -0.15) is 0 Å². The Kier molecular flexibility index (Phi) is 6.79. The Morgan fingerprint density at radius 3 is 2.07 bits per heavy atom. The van der Waals surface area contributed by atoms with E-state index in [0.717, 1.165) is 11.1 Å². The molecule has 0 aromatic heterocycles. The molecule has 3 aromatic carbocycles. The van der Waals surface area contributed by atoms with Crippen LogP contribution in [0.15, 0.2) is 84.9 Å². The summed E-state index contributed by atoms with van der Waals surface area (Å²) in [5, 5.41) is 2.57. The van der Waals surface area contributed by atoms with Gasteiger partial charge in [-0.05, 0) is 29.3 Å². The highest BCUT2D eigenvalue weighted by molar-refractivity contribution is 5.96. The highest BCUT2D eigenvalue weighted by Gasteiger charge is 2.10. The summed E-state index contributed by atoms with van der Waals surface area (Å²) < 4.78 is 10.9. The molecule has 0 aliphatic heterocycles. The van der Waals surface area contributed by atoms with E-state index in [1.54, 1.807) is 24.3 Å². The molecule has 3 rings (SSSR count). The highest BCUT2D eigenvalue weighted by atomic mass is 16.5. The SMILES string of the molecule is O=C(CNC(=O)c1cccc(OCc2ccccc2)c1)OCc1ccccc1. The lowest BCUT2D eigenvalue weighted by Crippen LogP contribution is -2.30. The third-order valence-corrected chi connectivity index (χ3v) is 3.98. The number of benzene rings is 3. The van der Waals surface area contributed by atoms with E-state index in [4.69, 9.17) is 9.47 Å². The molecule has 0 radical (unpaired) electrons. The minimum Gasteiger partial charge on any atom is -0.489 e. The Morgan fingerprint density at radius 2 is 1.39 bits per heavy atom. The first-order valence-corrected chi connectivity index (χ1v) is 8.95. The second kappa shape index (κ2) is 9.92. The molecule has 3 aromatic rings. The van der Waals surface area contributed by atoms with Crippen LogP contribution < -0.4 is 10.1 Å². The number of hydrogen-bond acceptors (Lipinski definition) is 4. The van der Waals surface area contributed by atoms with Crippen molar-refractivity contribution >= 4 is 11.9 Å². The van der Waals surface area contributed by atoms with Crippen LogP contribution in [0.1, 0.15) is 21.5 Å². The van der Waals surface area contributed by atoms with Crippen LogP contribution in [0, 0.1) is 0 Å². The lowest BCUT2D eigenvalue weighted by atomic mass is 10.2. The van der Waals surface area contributed by atoms with Gasteiger partial charge in [0.1, 0.15) is 25.5 Å². The second-order valence-corrected chi connectivity index (χ2v) is 6.13. The van der Waals surface area contributed by atoms with Gasteiger partial charge in [-0.1, -0.05) is 66.7 Å². The zero-order valence-corrected chi connectivity index (χ0v) is 15.3. The Labute approximate surface area is 163 Å². The lowest BCUT2D eigenvalue weighted by Gasteiger charge is -2.09. The van der Waals surface area contributed by atoms with E-state index in [9.17, 15) is 9.59 Å². The molecular formula is C23H21NO4. The standard InChI is InChI=1S/C23H21NO4/c25-22(28-17-19-10-5-2-6-11-19)15-24-23(26)20-12-7-13-21(14-20)27-16-18-8-3-1-4-9-18/h1-14H,15-17H2,(H,24,26). The van der Waals surface area contributed by atoms with E-state index in [1.807, 2.05) is 60.7 Å². The average Bonchev–Trinajstić information content (AvgIpc) is 2.76. The summed E-state index contributed by atoms with van der Waals surface area (Å²) in [5.74, 6) is -0.265. The van der Waals surface area contributed by atoms with Gasteiger partial charge in [0.05, 0.1) is 0 Å². The second-order valence-electron chi connectivity index (χ2n) is 6.13. The Morgan fingerprint density at radius 1 is 0.750 bits per heavy atom. The van der Waals surface area contributed by atoms with E-state index in [0.29, 0.717) is 17.9 Å². The smallest absolute Gasteiger partial charge is 0.325 e. The number of amides is 1. The summed E-state index contributed by atoms with van der Waals surface area (Å²) in [5.41, 5.74) is 2.35. The van der Waals surface area contributed by atoms with Gasteiger partial charge in [-0.15, -0.1) is 0 Å². The maximum atomic E-state index is 12.3. The van der Waals surface area contributed by atoms with E-state index in [1.165, 1.54) is 0 Å². The first-order chi connectivity index (χ1) is 13.7. The molecule has 0 aliphatic carbocycles. The third kappa shape index (κ3) is 5.99. The molecule has 0 bridgehead atoms. The van der Waals surface area contributed by atoms with Crippen LogP contribution in [-0.2, 0) is 22.7 Å². The molecule has 1 amide bonds. The molecule has 0 fully saturated rings. The fourth-order valence-corrected chi connectivity index (χ4v) is 2.51. The quantitative estimate of drug-likeness (QED) is 0.609. The van der Waals surface area contributed by atoms with Crippen molar-refractivity contribution in [3.63, 3.8) is 0 Å². The predicted molar refractivity (Wildman–Crippen MR) is 106 cm³/mol.